The third-order valence-electron chi connectivity index (χ3n) is 2.49. The van der Waals surface area contributed by atoms with Gasteiger partial charge >= 0.3 is 6.18 Å². The van der Waals surface area contributed by atoms with Crippen LogP contribution in [0.3, 0.4) is 0 Å². The zero-order chi connectivity index (χ0) is 16.0. The Morgan fingerprint density at radius 3 is 2.57 bits per heavy atom. The van der Waals surface area contributed by atoms with Crippen LogP contribution in [-0.4, -0.2) is 38.5 Å². The first kappa shape index (κ1) is 16.0. The summed E-state index contributed by atoms with van der Waals surface area (Å²) >= 11 is 5.92. The Morgan fingerprint density at radius 2 is 2.05 bits per heavy atom. The summed E-state index contributed by atoms with van der Waals surface area (Å²) in [6, 6.07) is 2.68. The average Bonchev–Trinajstić information content (AvgIpc) is 2.58. The average molecular weight is 338 g/mol. The second-order valence-corrected chi connectivity index (χ2v) is 6.51. The molecule has 1 N–H and O–H groups in total. The molecule has 0 bridgehead atoms. The topological polar surface area (TPSA) is 64.0 Å². The predicted octanol–water partition coefficient (Wildman–Crippen LogP) is 1.42. The molecule has 112 valence electrons. The Morgan fingerprint density at radius 1 is 1.43 bits per heavy atom. The Kier molecular flexibility index (Phi) is 3.87. The summed E-state index contributed by atoms with van der Waals surface area (Å²) in [6.45, 7) is -1.42. The van der Waals surface area contributed by atoms with Gasteiger partial charge in [-0.25, -0.2) is 8.42 Å². The number of nitrogens with zero attached hydrogens (tertiary/aromatic N) is 2. The molecule has 11 heteroatoms. The minimum atomic E-state index is -4.55. The third-order valence-corrected chi connectivity index (χ3v) is 3.36. The van der Waals surface area contributed by atoms with Crippen LogP contribution in [0.2, 0.25) is 5.02 Å². The molecule has 21 heavy (non-hydrogen) atoms. The first-order chi connectivity index (χ1) is 9.48. The number of benzene rings is 1. The van der Waals surface area contributed by atoms with E-state index in [9.17, 15) is 21.6 Å². The first-order valence-corrected chi connectivity index (χ1v) is 7.74. The molecule has 1 aromatic heterocycles. The van der Waals surface area contributed by atoms with Crippen LogP contribution in [0, 0.1) is 0 Å². The van der Waals surface area contributed by atoms with Crippen molar-refractivity contribution < 1.29 is 21.6 Å². The maximum absolute atomic E-state index is 12.6. The van der Waals surface area contributed by atoms with Crippen LogP contribution in [0.1, 0.15) is 0 Å². The number of rotatable bonds is 3. The molecule has 0 amide bonds. The molecule has 5 nitrogen and oxygen atoms in total. The smallest absolute Gasteiger partial charge is 0.266 e. The number of nitrogens with one attached hydrogen (secondary N) is 1. The highest BCUT2D eigenvalue weighted by Gasteiger charge is 2.31. The van der Waals surface area contributed by atoms with E-state index >= 15 is 0 Å². The van der Waals surface area contributed by atoms with Crippen LogP contribution < -0.4 is 10.2 Å². The van der Waals surface area contributed by atoms with Crippen LogP contribution in [0.5, 0.6) is 0 Å². The van der Waals surface area contributed by atoms with E-state index in [4.69, 9.17) is 19.4 Å². The molecule has 0 saturated heterocycles. The number of fused-ring (bicyclic) bond motifs is 1. The number of alkyl halides is 3. The van der Waals surface area contributed by atoms with Crippen molar-refractivity contribution in [3.05, 3.63) is 17.2 Å². The van der Waals surface area contributed by atoms with Gasteiger partial charge in [-0.1, -0.05) is 23.1 Å². The summed E-state index contributed by atoms with van der Waals surface area (Å²) in [5.74, 6) is -0.297. The molecule has 0 atom stereocenters. The van der Waals surface area contributed by atoms with Gasteiger partial charge in [-0.2, -0.15) is 18.3 Å². The van der Waals surface area contributed by atoms with Gasteiger partial charge in [-0.05, 0) is 6.07 Å². The summed E-state index contributed by atoms with van der Waals surface area (Å²) < 4.78 is 62.9. The van der Waals surface area contributed by atoms with Gasteiger partial charge in [0.2, 0.25) is 10.0 Å². The lowest BCUT2D eigenvalue weighted by molar-refractivity contribution is -0.141. The molecule has 0 aliphatic carbocycles. The van der Waals surface area contributed by atoms with Crippen molar-refractivity contribution in [2.75, 3.05) is 11.0 Å². The standard InChI is InChI=1S/C10H8BClF3N3O2S/c1-21(19,20)17-9-7-6(12)3-2-5(11)8(7)18(16-9)4-10(13,14)15/h2-3H,4H2,1H3,(H,16,17). The molecule has 0 spiro atoms. The number of anilines is 1. The molecule has 0 aliphatic heterocycles. The molecule has 0 unspecified atom stereocenters. The molecular formula is C10H8BClF3N3O2S. The Bertz CT molecular complexity index is 804. The van der Waals surface area contributed by atoms with Crippen molar-refractivity contribution in [3.8, 4) is 0 Å². The van der Waals surface area contributed by atoms with Crippen LogP contribution in [0.4, 0.5) is 19.0 Å². The van der Waals surface area contributed by atoms with E-state index in [1.807, 2.05) is 4.72 Å². The fourth-order valence-electron chi connectivity index (χ4n) is 1.84. The highest BCUT2D eigenvalue weighted by Crippen LogP contribution is 2.31. The van der Waals surface area contributed by atoms with Crippen LogP contribution in [0.25, 0.3) is 10.9 Å². The second kappa shape index (κ2) is 5.10. The highest BCUT2D eigenvalue weighted by atomic mass is 35.5. The summed E-state index contributed by atoms with van der Waals surface area (Å²) in [5, 5.41) is 3.68. The highest BCUT2D eigenvalue weighted by molar-refractivity contribution is 7.92. The molecule has 1 aromatic carbocycles. The molecule has 2 aromatic rings. The maximum atomic E-state index is 12.6. The van der Waals surface area contributed by atoms with Gasteiger partial charge in [-0.3, -0.25) is 9.40 Å². The summed E-state index contributed by atoms with van der Waals surface area (Å²) in [7, 11) is 1.92. The van der Waals surface area contributed by atoms with Gasteiger partial charge in [-0.15, -0.1) is 0 Å². The minimum absolute atomic E-state index is 0.00713. The monoisotopic (exact) mass is 337 g/mol. The van der Waals surface area contributed by atoms with E-state index in [1.54, 1.807) is 0 Å². The largest absolute Gasteiger partial charge is 0.408 e. The second-order valence-electron chi connectivity index (χ2n) is 4.36. The molecule has 2 radical (unpaired) electrons. The molecule has 1 heterocycles. The molecular weight excluding hydrogens is 329 g/mol. The third kappa shape index (κ3) is 3.62. The Balaban J connectivity index is 2.73. The van der Waals surface area contributed by atoms with E-state index in [-0.39, 0.29) is 27.2 Å². The fourth-order valence-corrected chi connectivity index (χ4v) is 2.57. The number of halogens is 4. The number of sulfonamides is 1. The van der Waals surface area contributed by atoms with Crippen LogP contribution in [0.15, 0.2) is 12.1 Å². The van der Waals surface area contributed by atoms with Gasteiger partial charge in [0.1, 0.15) is 14.4 Å². The normalized spacial score (nSPS) is 12.8. The van der Waals surface area contributed by atoms with Crippen LogP contribution in [-0.2, 0) is 16.6 Å². The number of hydrogen-bond donors (Lipinski definition) is 1. The SMILES string of the molecule is [B]c1ccc(Cl)c2c(NS(C)(=O)=O)nn(CC(F)(F)F)c12. The van der Waals surface area contributed by atoms with Crippen LogP contribution >= 0.6 is 11.6 Å². The quantitative estimate of drug-likeness (QED) is 0.862. The first-order valence-electron chi connectivity index (χ1n) is 5.47. The zero-order valence-corrected chi connectivity index (χ0v) is 12.1. The molecule has 2 rings (SSSR count). The van der Waals surface area contributed by atoms with Crippen molar-refractivity contribution in [1.29, 1.82) is 0 Å². The van der Waals surface area contributed by atoms with E-state index in [2.05, 4.69) is 5.10 Å². The Labute approximate surface area is 124 Å². The van der Waals surface area contributed by atoms with Crippen molar-refractivity contribution in [2.45, 2.75) is 12.7 Å². The van der Waals surface area contributed by atoms with E-state index in [1.165, 1.54) is 12.1 Å². The Hall–Kier alpha value is -1.42. The van der Waals surface area contributed by atoms with E-state index < -0.39 is 22.7 Å². The van der Waals surface area contributed by atoms with Gasteiger partial charge in [0.05, 0.1) is 22.2 Å². The minimum Gasteiger partial charge on any atom is -0.266 e. The zero-order valence-electron chi connectivity index (χ0n) is 10.6. The summed E-state index contributed by atoms with van der Waals surface area (Å²) in [4.78, 5) is 0. The summed E-state index contributed by atoms with van der Waals surface area (Å²) in [6.07, 6.45) is -3.70. The molecule has 0 saturated carbocycles. The van der Waals surface area contributed by atoms with E-state index in [0.29, 0.717) is 4.68 Å². The van der Waals surface area contributed by atoms with Crippen molar-refractivity contribution in [1.82, 2.24) is 9.78 Å². The number of aromatic nitrogens is 2. The van der Waals surface area contributed by atoms with Crippen molar-refractivity contribution in [3.63, 3.8) is 0 Å². The van der Waals surface area contributed by atoms with Gasteiger partial charge < -0.3 is 0 Å². The lowest BCUT2D eigenvalue weighted by Gasteiger charge is -2.09. The lowest BCUT2D eigenvalue weighted by atomic mass is 9.93. The fraction of sp³-hybridized carbons (Fsp3) is 0.300. The van der Waals surface area contributed by atoms with E-state index in [0.717, 1.165) is 6.26 Å². The molecule has 0 aliphatic rings. The van der Waals surface area contributed by atoms with Crippen molar-refractivity contribution >= 4 is 51.7 Å². The van der Waals surface area contributed by atoms with Crippen molar-refractivity contribution in [2.24, 2.45) is 0 Å². The van der Waals surface area contributed by atoms with Gasteiger partial charge in [0.15, 0.2) is 5.82 Å². The maximum Gasteiger partial charge on any atom is 0.408 e. The predicted molar refractivity (Wildman–Crippen MR) is 74.7 cm³/mol. The van der Waals surface area contributed by atoms with Gasteiger partial charge in [0.25, 0.3) is 0 Å². The number of hydrogen-bond acceptors (Lipinski definition) is 3. The molecule has 0 fully saturated rings. The van der Waals surface area contributed by atoms with Gasteiger partial charge in [0, 0.05) is 0 Å². The lowest BCUT2D eigenvalue weighted by Crippen LogP contribution is -2.21. The summed E-state index contributed by atoms with van der Waals surface area (Å²) in [5.41, 5.74) is -0.0707.